The van der Waals surface area contributed by atoms with Crippen LogP contribution in [-0.4, -0.2) is 60.3 Å². The summed E-state index contributed by atoms with van der Waals surface area (Å²) in [6.45, 7) is 3.54. The Morgan fingerprint density at radius 2 is 2.00 bits per heavy atom. The summed E-state index contributed by atoms with van der Waals surface area (Å²) in [4.78, 5) is 24.5. The molecule has 7 nitrogen and oxygen atoms in total. The van der Waals surface area contributed by atoms with Crippen molar-refractivity contribution in [3.05, 3.63) is 30.3 Å². The molecule has 24 heavy (non-hydrogen) atoms. The summed E-state index contributed by atoms with van der Waals surface area (Å²) in [7, 11) is 0. The molecule has 0 aliphatic heterocycles. The number of likely N-dealkylation sites (N-methyl/N-ethyl adjacent to an activating group) is 1. The Morgan fingerprint density at radius 1 is 1.29 bits per heavy atom. The molecule has 1 saturated carbocycles. The maximum Gasteiger partial charge on any atom is 0.317 e. The molecule has 0 aromatic heterocycles. The molecule has 2 rings (SSSR count). The van der Waals surface area contributed by atoms with Crippen molar-refractivity contribution in [2.24, 2.45) is 0 Å². The van der Waals surface area contributed by atoms with Gasteiger partial charge in [-0.25, -0.2) is 4.79 Å². The highest BCUT2D eigenvalue weighted by atomic mass is 16.5. The third kappa shape index (κ3) is 5.73. The molecule has 1 aliphatic carbocycles. The maximum atomic E-state index is 11.8. The zero-order valence-electron chi connectivity index (χ0n) is 13.9. The molecule has 7 heteroatoms. The van der Waals surface area contributed by atoms with Gasteiger partial charge in [0.05, 0.1) is 13.1 Å². The fourth-order valence-corrected chi connectivity index (χ4v) is 2.76. The number of carboxylic acids is 1. The number of carbonyl (C=O) groups is 2. The quantitative estimate of drug-likeness (QED) is 0.592. The van der Waals surface area contributed by atoms with Crippen LogP contribution in [0.2, 0.25) is 0 Å². The van der Waals surface area contributed by atoms with Crippen LogP contribution in [0.4, 0.5) is 4.79 Å². The number of nitrogens with zero attached hydrogens (tertiary/aromatic N) is 1. The van der Waals surface area contributed by atoms with Gasteiger partial charge in [-0.2, -0.15) is 0 Å². The fourth-order valence-electron chi connectivity index (χ4n) is 2.76. The Morgan fingerprint density at radius 3 is 2.62 bits per heavy atom. The second kappa shape index (κ2) is 9.12. The number of hydrogen-bond donors (Lipinski definition) is 3. The first-order valence-electron chi connectivity index (χ1n) is 8.26. The van der Waals surface area contributed by atoms with E-state index in [1.165, 1.54) is 0 Å². The van der Waals surface area contributed by atoms with E-state index in [0.29, 0.717) is 19.7 Å². The standard InChI is InChI=1S/C17H25N3O4/c1-2-20(12-16(21)22)14-10-13(11-14)19-17(23)18-8-9-24-15-6-4-3-5-7-15/h3-7,13-14H,2,8-12H2,1H3,(H,21,22)(H2,18,19,23). The average molecular weight is 335 g/mol. The Kier molecular flexibility index (Phi) is 6.87. The van der Waals surface area contributed by atoms with Crippen molar-refractivity contribution in [3.63, 3.8) is 0 Å². The minimum absolute atomic E-state index is 0.0525. The topological polar surface area (TPSA) is 90.9 Å². The number of ether oxygens (including phenoxy) is 1. The molecule has 132 valence electrons. The summed E-state index contributed by atoms with van der Waals surface area (Å²) in [5.41, 5.74) is 0. The van der Waals surface area contributed by atoms with Crippen LogP contribution in [0, 0.1) is 0 Å². The zero-order chi connectivity index (χ0) is 17.4. The Bertz CT molecular complexity index is 532. The van der Waals surface area contributed by atoms with Gasteiger partial charge >= 0.3 is 12.0 Å². The van der Waals surface area contributed by atoms with E-state index < -0.39 is 5.97 Å². The average Bonchev–Trinajstić information content (AvgIpc) is 2.53. The molecule has 1 aromatic rings. The molecule has 0 spiro atoms. The minimum Gasteiger partial charge on any atom is -0.492 e. The first-order valence-corrected chi connectivity index (χ1v) is 8.26. The lowest BCUT2D eigenvalue weighted by Gasteiger charge is -2.42. The number of carbonyl (C=O) groups excluding carboxylic acids is 1. The number of carboxylic acid groups (broad SMARTS) is 1. The second-order valence-corrected chi connectivity index (χ2v) is 5.84. The molecule has 0 radical (unpaired) electrons. The smallest absolute Gasteiger partial charge is 0.317 e. The van der Waals surface area contributed by atoms with Crippen LogP contribution in [0.15, 0.2) is 30.3 Å². The highest BCUT2D eigenvalue weighted by Gasteiger charge is 2.34. The van der Waals surface area contributed by atoms with Crippen molar-refractivity contribution in [2.75, 3.05) is 26.2 Å². The maximum absolute atomic E-state index is 11.8. The third-order valence-electron chi connectivity index (χ3n) is 4.11. The molecule has 1 fully saturated rings. The first-order chi connectivity index (χ1) is 11.6. The molecule has 0 atom stereocenters. The van der Waals surface area contributed by atoms with Crippen LogP contribution >= 0.6 is 0 Å². The normalized spacial score (nSPS) is 19.4. The molecular weight excluding hydrogens is 310 g/mol. The van der Waals surface area contributed by atoms with Crippen LogP contribution in [0.1, 0.15) is 19.8 Å². The van der Waals surface area contributed by atoms with Gasteiger partial charge in [-0.15, -0.1) is 0 Å². The van der Waals surface area contributed by atoms with Crippen LogP contribution < -0.4 is 15.4 Å². The predicted octanol–water partition coefficient (Wildman–Crippen LogP) is 1.30. The zero-order valence-corrected chi connectivity index (χ0v) is 13.9. The number of benzene rings is 1. The monoisotopic (exact) mass is 335 g/mol. The van der Waals surface area contributed by atoms with Gasteiger partial charge in [0, 0.05) is 12.1 Å². The van der Waals surface area contributed by atoms with E-state index in [1.807, 2.05) is 42.2 Å². The Hall–Kier alpha value is -2.28. The van der Waals surface area contributed by atoms with Crippen LogP contribution in [0.3, 0.4) is 0 Å². The number of amides is 2. The van der Waals surface area contributed by atoms with Crippen molar-refractivity contribution >= 4 is 12.0 Å². The lowest BCUT2D eigenvalue weighted by atomic mass is 9.85. The Balaban J connectivity index is 1.56. The molecule has 0 heterocycles. The molecule has 0 unspecified atom stereocenters. The van der Waals surface area contributed by atoms with Crippen LogP contribution in [-0.2, 0) is 4.79 Å². The van der Waals surface area contributed by atoms with Gasteiger partial charge in [0.15, 0.2) is 0 Å². The summed E-state index contributed by atoms with van der Waals surface area (Å²) in [6.07, 6.45) is 1.57. The van der Waals surface area contributed by atoms with Gasteiger partial charge in [-0.1, -0.05) is 25.1 Å². The second-order valence-electron chi connectivity index (χ2n) is 5.84. The summed E-state index contributed by atoms with van der Waals surface area (Å²) in [5, 5.41) is 14.5. The molecule has 1 aromatic carbocycles. The minimum atomic E-state index is -0.815. The largest absolute Gasteiger partial charge is 0.492 e. The van der Waals surface area contributed by atoms with Crippen LogP contribution in [0.25, 0.3) is 0 Å². The molecule has 1 aliphatic rings. The van der Waals surface area contributed by atoms with E-state index in [1.54, 1.807) is 0 Å². The number of aliphatic carboxylic acids is 1. The van der Waals surface area contributed by atoms with Crippen molar-refractivity contribution in [1.82, 2.24) is 15.5 Å². The van der Waals surface area contributed by atoms with Crippen molar-refractivity contribution in [2.45, 2.75) is 31.8 Å². The molecule has 0 saturated heterocycles. The van der Waals surface area contributed by atoms with Gasteiger partial charge in [-0.3, -0.25) is 9.69 Å². The highest BCUT2D eigenvalue weighted by Crippen LogP contribution is 2.25. The van der Waals surface area contributed by atoms with Crippen LogP contribution in [0.5, 0.6) is 5.75 Å². The van der Waals surface area contributed by atoms with Gasteiger partial charge in [0.2, 0.25) is 0 Å². The predicted molar refractivity (Wildman–Crippen MR) is 90.2 cm³/mol. The highest BCUT2D eigenvalue weighted by molar-refractivity contribution is 5.74. The first kappa shape index (κ1) is 18.1. The number of nitrogens with one attached hydrogen (secondary N) is 2. The number of hydrogen-bond acceptors (Lipinski definition) is 4. The molecule has 0 bridgehead atoms. The van der Waals surface area contributed by atoms with Crippen molar-refractivity contribution in [3.8, 4) is 5.75 Å². The van der Waals surface area contributed by atoms with Gasteiger partial charge < -0.3 is 20.5 Å². The van der Waals surface area contributed by atoms with E-state index in [0.717, 1.165) is 18.6 Å². The van der Waals surface area contributed by atoms with Gasteiger partial charge in [0.25, 0.3) is 0 Å². The molecular formula is C17H25N3O4. The van der Waals surface area contributed by atoms with Gasteiger partial charge in [0.1, 0.15) is 12.4 Å². The van der Waals surface area contributed by atoms with E-state index in [4.69, 9.17) is 9.84 Å². The van der Waals surface area contributed by atoms with Crippen molar-refractivity contribution < 1.29 is 19.4 Å². The lowest BCUT2D eigenvalue weighted by Crippen LogP contribution is -2.56. The van der Waals surface area contributed by atoms with Crippen molar-refractivity contribution in [1.29, 1.82) is 0 Å². The SMILES string of the molecule is CCN(CC(=O)O)C1CC(NC(=O)NCCOc2ccccc2)C1. The van der Waals surface area contributed by atoms with E-state index in [-0.39, 0.29) is 24.7 Å². The molecule has 3 N–H and O–H groups in total. The Labute approximate surface area is 142 Å². The van der Waals surface area contributed by atoms with E-state index in [2.05, 4.69) is 10.6 Å². The summed E-state index contributed by atoms with van der Waals surface area (Å²) < 4.78 is 5.50. The van der Waals surface area contributed by atoms with E-state index in [9.17, 15) is 9.59 Å². The lowest BCUT2D eigenvalue weighted by molar-refractivity contribution is -0.139. The molecule has 2 amide bonds. The summed E-state index contributed by atoms with van der Waals surface area (Å²) in [5.74, 6) is -0.0379. The number of urea groups is 1. The summed E-state index contributed by atoms with van der Waals surface area (Å²) in [6, 6.07) is 9.57. The van der Waals surface area contributed by atoms with E-state index >= 15 is 0 Å². The summed E-state index contributed by atoms with van der Waals surface area (Å²) >= 11 is 0. The fraction of sp³-hybridized carbons (Fsp3) is 0.529. The third-order valence-corrected chi connectivity index (χ3v) is 4.11. The number of rotatable bonds is 9. The van der Waals surface area contributed by atoms with Gasteiger partial charge in [-0.05, 0) is 31.5 Å². The number of para-hydroxylation sites is 1.